The van der Waals surface area contributed by atoms with E-state index in [4.69, 9.17) is 9.94 Å². The molecule has 2 rings (SSSR count). The second-order valence-corrected chi connectivity index (χ2v) is 4.11. The fraction of sp³-hybridized carbons (Fsp3) is 0.900. The van der Waals surface area contributed by atoms with Crippen LogP contribution in [0.3, 0.4) is 0 Å². The first-order chi connectivity index (χ1) is 6.81. The zero-order valence-corrected chi connectivity index (χ0v) is 8.32. The van der Waals surface area contributed by atoms with Crippen molar-refractivity contribution in [1.29, 1.82) is 0 Å². The molecule has 1 aliphatic heterocycles. The van der Waals surface area contributed by atoms with Gasteiger partial charge in [-0.2, -0.15) is 0 Å². The van der Waals surface area contributed by atoms with E-state index in [1.54, 1.807) is 0 Å². The molecule has 0 bridgehead atoms. The van der Waals surface area contributed by atoms with E-state index in [0.29, 0.717) is 25.3 Å². The summed E-state index contributed by atoms with van der Waals surface area (Å²) in [6.45, 7) is 0.639. The minimum absolute atomic E-state index is 0.0790. The minimum atomic E-state index is 0.0790. The van der Waals surface area contributed by atoms with Gasteiger partial charge in [0.1, 0.15) is 0 Å². The molecule has 1 saturated carbocycles. The quantitative estimate of drug-likeness (QED) is 0.725. The molecule has 2 fully saturated rings. The lowest BCUT2D eigenvalue weighted by Crippen LogP contribution is -2.29. The molecule has 1 N–H and O–H groups in total. The lowest BCUT2D eigenvalue weighted by atomic mass is 9.80. The molecular weight excluding hydrogens is 182 g/mol. The molecule has 1 aliphatic carbocycles. The second-order valence-electron chi connectivity index (χ2n) is 4.11. The van der Waals surface area contributed by atoms with Gasteiger partial charge in [0.05, 0.1) is 19.1 Å². The van der Waals surface area contributed by atoms with Crippen molar-refractivity contribution < 1.29 is 14.7 Å². The number of carbonyl (C=O) groups is 1. The van der Waals surface area contributed by atoms with E-state index in [0.717, 1.165) is 0 Å². The first-order valence-corrected chi connectivity index (χ1v) is 5.39. The van der Waals surface area contributed by atoms with E-state index in [1.165, 1.54) is 24.3 Å². The fourth-order valence-electron chi connectivity index (χ4n) is 1.99. The number of aliphatic hydroxyl groups is 1. The van der Waals surface area contributed by atoms with Gasteiger partial charge in [0, 0.05) is 6.61 Å². The average molecular weight is 199 g/mol. The van der Waals surface area contributed by atoms with Gasteiger partial charge in [-0.05, 0) is 25.2 Å². The smallest absolute Gasteiger partial charge is 0.248 e. The van der Waals surface area contributed by atoms with Crippen LogP contribution in [-0.2, 0) is 9.63 Å². The van der Waals surface area contributed by atoms with Crippen molar-refractivity contribution in [3.8, 4) is 0 Å². The Morgan fingerprint density at radius 3 is 2.86 bits per heavy atom. The molecule has 0 radical (unpaired) electrons. The maximum Gasteiger partial charge on any atom is 0.248 e. The van der Waals surface area contributed by atoms with E-state index < -0.39 is 0 Å². The van der Waals surface area contributed by atoms with Crippen molar-refractivity contribution in [3.63, 3.8) is 0 Å². The third-order valence-electron chi connectivity index (χ3n) is 3.11. The highest BCUT2D eigenvalue weighted by Crippen LogP contribution is 2.35. The van der Waals surface area contributed by atoms with Crippen LogP contribution >= 0.6 is 0 Å². The van der Waals surface area contributed by atoms with E-state index in [1.807, 2.05) is 0 Å². The first kappa shape index (κ1) is 9.93. The van der Waals surface area contributed by atoms with Gasteiger partial charge in [-0.3, -0.25) is 9.63 Å². The number of hydrogen-bond acceptors (Lipinski definition) is 3. The predicted molar refractivity (Wildman–Crippen MR) is 50.2 cm³/mol. The van der Waals surface area contributed by atoms with Crippen molar-refractivity contribution in [3.05, 3.63) is 0 Å². The normalized spacial score (nSPS) is 28.2. The van der Waals surface area contributed by atoms with E-state index in [9.17, 15) is 4.79 Å². The molecule has 1 unspecified atom stereocenters. The van der Waals surface area contributed by atoms with E-state index in [-0.39, 0.29) is 18.6 Å². The standard InChI is InChI=1S/C10H17NO3/c12-6-2-5-11-10(13)7-9(14-11)8-3-1-4-8/h8-9,12H,1-7H2. The minimum Gasteiger partial charge on any atom is -0.396 e. The number of amides is 1. The SMILES string of the molecule is O=C1CC(C2CCC2)ON1CCCO. The van der Waals surface area contributed by atoms with Gasteiger partial charge in [-0.25, -0.2) is 5.06 Å². The predicted octanol–water partition coefficient (Wildman–Crippen LogP) is 0.701. The number of carbonyl (C=O) groups excluding carboxylic acids is 1. The molecule has 1 atom stereocenters. The van der Waals surface area contributed by atoms with Crippen LogP contribution in [-0.4, -0.2) is 35.3 Å². The topological polar surface area (TPSA) is 49.8 Å². The lowest BCUT2D eigenvalue weighted by molar-refractivity contribution is -0.183. The van der Waals surface area contributed by atoms with Gasteiger partial charge in [0.15, 0.2) is 0 Å². The first-order valence-electron chi connectivity index (χ1n) is 5.39. The van der Waals surface area contributed by atoms with Crippen LogP contribution in [0.1, 0.15) is 32.1 Å². The maximum absolute atomic E-state index is 11.5. The highest BCUT2D eigenvalue weighted by Gasteiger charge is 2.38. The zero-order chi connectivity index (χ0) is 9.97. The van der Waals surface area contributed by atoms with Gasteiger partial charge in [0.2, 0.25) is 5.91 Å². The highest BCUT2D eigenvalue weighted by atomic mass is 16.7. The maximum atomic E-state index is 11.5. The molecule has 0 aromatic rings. The van der Waals surface area contributed by atoms with Gasteiger partial charge in [-0.15, -0.1) is 0 Å². The summed E-state index contributed by atoms with van der Waals surface area (Å²) in [7, 11) is 0. The molecule has 1 heterocycles. The zero-order valence-electron chi connectivity index (χ0n) is 8.32. The van der Waals surface area contributed by atoms with Crippen molar-refractivity contribution in [2.24, 2.45) is 5.92 Å². The van der Waals surface area contributed by atoms with Gasteiger partial charge < -0.3 is 5.11 Å². The Kier molecular flexibility index (Phi) is 3.03. The molecule has 0 aromatic heterocycles. The van der Waals surface area contributed by atoms with Crippen LogP contribution in [0.15, 0.2) is 0 Å². The average Bonchev–Trinajstić information content (AvgIpc) is 2.40. The molecule has 80 valence electrons. The molecule has 1 amide bonds. The van der Waals surface area contributed by atoms with Crippen molar-refractivity contribution in [2.75, 3.05) is 13.2 Å². The van der Waals surface area contributed by atoms with Crippen molar-refractivity contribution in [1.82, 2.24) is 5.06 Å². The molecule has 0 spiro atoms. The Hall–Kier alpha value is -0.610. The third kappa shape index (κ3) is 1.91. The molecule has 14 heavy (non-hydrogen) atoms. The Morgan fingerprint density at radius 2 is 2.29 bits per heavy atom. The summed E-state index contributed by atoms with van der Waals surface area (Å²) in [5, 5.41) is 10.1. The van der Waals surface area contributed by atoms with Gasteiger partial charge in [0.25, 0.3) is 0 Å². The molecule has 0 aromatic carbocycles. The lowest BCUT2D eigenvalue weighted by Gasteiger charge is -2.30. The summed E-state index contributed by atoms with van der Waals surface area (Å²) in [6, 6.07) is 0. The number of aliphatic hydroxyl groups excluding tert-OH is 1. The summed E-state index contributed by atoms with van der Waals surface area (Å²) in [6.07, 6.45) is 4.93. The number of nitrogens with zero attached hydrogens (tertiary/aromatic N) is 1. The summed E-state index contributed by atoms with van der Waals surface area (Å²) in [4.78, 5) is 17.0. The third-order valence-corrected chi connectivity index (χ3v) is 3.11. The van der Waals surface area contributed by atoms with E-state index in [2.05, 4.69) is 0 Å². The number of hydroxylamine groups is 2. The highest BCUT2D eigenvalue weighted by molar-refractivity contribution is 5.77. The molecular formula is C10H17NO3. The van der Waals surface area contributed by atoms with E-state index >= 15 is 0 Å². The van der Waals surface area contributed by atoms with Crippen molar-refractivity contribution >= 4 is 5.91 Å². The molecule has 2 aliphatic rings. The molecule has 1 saturated heterocycles. The van der Waals surface area contributed by atoms with Crippen LogP contribution in [0.4, 0.5) is 0 Å². The Morgan fingerprint density at radius 1 is 1.50 bits per heavy atom. The molecule has 4 nitrogen and oxygen atoms in total. The van der Waals surface area contributed by atoms with Crippen LogP contribution in [0.2, 0.25) is 0 Å². The number of hydrogen-bond donors (Lipinski definition) is 1. The Balaban J connectivity index is 1.80. The van der Waals surface area contributed by atoms with Gasteiger partial charge >= 0.3 is 0 Å². The Bertz CT molecular complexity index is 215. The van der Waals surface area contributed by atoms with Crippen LogP contribution < -0.4 is 0 Å². The van der Waals surface area contributed by atoms with Crippen molar-refractivity contribution in [2.45, 2.75) is 38.2 Å². The molecule has 4 heteroatoms. The Labute approximate surface area is 83.8 Å². The van der Waals surface area contributed by atoms with Gasteiger partial charge in [-0.1, -0.05) is 6.42 Å². The van der Waals surface area contributed by atoms with Crippen LogP contribution in [0, 0.1) is 5.92 Å². The van der Waals surface area contributed by atoms with Crippen LogP contribution in [0.5, 0.6) is 0 Å². The largest absolute Gasteiger partial charge is 0.396 e. The monoisotopic (exact) mass is 199 g/mol. The summed E-state index contributed by atoms with van der Waals surface area (Å²) >= 11 is 0. The van der Waals surface area contributed by atoms with Crippen LogP contribution in [0.25, 0.3) is 0 Å². The fourth-order valence-corrected chi connectivity index (χ4v) is 1.99. The summed E-state index contributed by atoms with van der Waals surface area (Å²) in [5.41, 5.74) is 0. The summed E-state index contributed by atoms with van der Waals surface area (Å²) in [5.74, 6) is 0.674. The second kappa shape index (κ2) is 4.28. The number of rotatable bonds is 4. The summed E-state index contributed by atoms with van der Waals surface area (Å²) < 4.78 is 0.